The maximum absolute atomic E-state index is 11.5. The second-order valence-corrected chi connectivity index (χ2v) is 4.36. The number of ether oxygens (including phenoxy) is 1. The number of nitrogens with zero attached hydrogens (tertiary/aromatic N) is 1. The molecular formula is C14H15NO2. The zero-order valence-electron chi connectivity index (χ0n) is 10.0. The van der Waals surface area contributed by atoms with Crippen molar-refractivity contribution in [3.8, 4) is 12.0 Å². The maximum atomic E-state index is 11.5. The van der Waals surface area contributed by atoms with E-state index >= 15 is 0 Å². The van der Waals surface area contributed by atoms with Crippen molar-refractivity contribution in [1.82, 2.24) is 4.90 Å². The number of benzene rings is 1. The van der Waals surface area contributed by atoms with Gasteiger partial charge in [0.25, 0.3) is 0 Å². The quantitative estimate of drug-likeness (QED) is 0.692. The Hall–Kier alpha value is -1.95. The molecule has 0 N–H and O–H groups in total. The highest BCUT2D eigenvalue weighted by Gasteiger charge is 2.34. The van der Waals surface area contributed by atoms with Gasteiger partial charge >= 0.3 is 6.09 Å². The minimum atomic E-state index is -0.341. The van der Waals surface area contributed by atoms with Crippen LogP contribution in [-0.4, -0.2) is 23.6 Å². The van der Waals surface area contributed by atoms with Gasteiger partial charge < -0.3 is 4.74 Å². The van der Waals surface area contributed by atoms with E-state index in [0.29, 0.717) is 12.5 Å². The van der Waals surface area contributed by atoms with Gasteiger partial charge in [0.15, 0.2) is 0 Å². The van der Waals surface area contributed by atoms with Gasteiger partial charge in [-0.25, -0.2) is 9.69 Å². The van der Waals surface area contributed by atoms with Gasteiger partial charge in [0.2, 0.25) is 0 Å². The summed E-state index contributed by atoms with van der Waals surface area (Å²) in [4.78, 5) is 13.0. The zero-order valence-corrected chi connectivity index (χ0v) is 10.0. The summed E-state index contributed by atoms with van der Waals surface area (Å²) < 4.78 is 5.01. The monoisotopic (exact) mass is 229 g/mol. The first kappa shape index (κ1) is 11.5. The Balaban J connectivity index is 2.17. The summed E-state index contributed by atoms with van der Waals surface area (Å²) in [6.45, 7) is 4.55. The molecule has 0 unspecified atom stereocenters. The van der Waals surface area contributed by atoms with Crippen LogP contribution >= 0.6 is 0 Å². The normalized spacial score (nSPS) is 18.9. The number of cyclic esters (lactones) is 1. The van der Waals surface area contributed by atoms with E-state index in [9.17, 15) is 4.79 Å². The molecule has 1 amide bonds. The van der Waals surface area contributed by atoms with Gasteiger partial charge in [-0.05, 0) is 24.0 Å². The molecule has 1 atom stereocenters. The summed E-state index contributed by atoms with van der Waals surface area (Å²) in [6.07, 6.45) is -0.341. The fourth-order valence-corrected chi connectivity index (χ4v) is 1.70. The van der Waals surface area contributed by atoms with E-state index in [4.69, 9.17) is 4.74 Å². The van der Waals surface area contributed by atoms with E-state index in [-0.39, 0.29) is 12.1 Å². The first-order valence-electron chi connectivity index (χ1n) is 5.71. The average molecular weight is 229 g/mol. The number of hydrogen-bond acceptors (Lipinski definition) is 2. The predicted octanol–water partition coefficient (Wildman–Crippen LogP) is 2.47. The van der Waals surface area contributed by atoms with E-state index < -0.39 is 0 Å². The van der Waals surface area contributed by atoms with Crippen LogP contribution in [0.5, 0.6) is 0 Å². The van der Waals surface area contributed by atoms with Crippen LogP contribution in [0.2, 0.25) is 0 Å². The third kappa shape index (κ3) is 2.59. The van der Waals surface area contributed by atoms with Gasteiger partial charge in [0, 0.05) is 11.6 Å². The van der Waals surface area contributed by atoms with Crippen LogP contribution in [0.1, 0.15) is 19.4 Å². The van der Waals surface area contributed by atoms with Crippen LogP contribution in [-0.2, 0) is 4.74 Å². The number of rotatable bonds is 1. The van der Waals surface area contributed by atoms with E-state index in [2.05, 4.69) is 25.8 Å². The molecular weight excluding hydrogens is 214 g/mol. The molecule has 0 spiro atoms. The van der Waals surface area contributed by atoms with Gasteiger partial charge in [0.1, 0.15) is 6.61 Å². The van der Waals surface area contributed by atoms with Crippen molar-refractivity contribution in [1.29, 1.82) is 0 Å². The molecule has 88 valence electrons. The summed E-state index contributed by atoms with van der Waals surface area (Å²) in [5.41, 5.74) is 0.898. The largest absolute Gasteiger partial charge is 0.446 e. The van der Waals surface area contributed by atoms with Crippen LogP contribution in [0.15, 0.2) is 30.3 Å². The molecule has 3 heteroatoms. The van der Waals surface area contributed by atoms with Crippen LogP contribution in [0.3, 0.4) is 0 Å². The fraction of sp³-hybridized carbons (Fsp3) is 0.357. The number of carbonyl (C=O) groups excluding carboxylic acids is 1. The molecule has 0 aliphatic carbocycles. The molecule has 1 aliphatic rings. The topological polar surface area (TPSA) is 29.5 Å². The van der Waals surface area contributed by atoms with Crippen LogP contribution in [0, 0.1) is 17.9 Å². The first-order chi connectivity index (χ1) is 8.18. The van der Waals surface area contributed by atoms with E-state index in [1.54, 1.807) is 0 Å². The minimum absolute atomic E-state index is 0.0544. The highest BCUT2D eigenvalue weighted by Crippen LogP contribution is 2.18. The molecule has 0 saturated carbocycles. The molecule has 17 heavy (non-hydrogen) atoms. The molecule has 1 aliphatic heterocycles. The van der Waals surface area contributed by atoms with Crippen molar-refractivity contribution in [3.63, 3.8) is 0 Å². The van der Waals surface area contributed by atoms with Crippen LogP contribution in [0.4, 0.5) is 4.79 Å². The third-order valence-electron chi connectivity index (χ3n) is 2.77. The fourth-order valence-electron chi connectivity index (χ4n) is 1.70. The van der Waals surface area contributed by atoms with Gasteiger partial charge in [-0.15, -0.1) is 0 Å². The van der Waals surface area contributed by atoms with Gasteiger partial charge in [-0.1, -0.05) is 32.0 Å². The Morgan fingerprint density at radius 3 is 2.71 bits per heavy atom. The molecule has 1 saturated heterocycles. The lowest BCUT2D eigenvalue weighted by Crippen LogP contribution is -2.33. The Morgan fingerprint density at radius 2 is 2.06 bits per heavy atom. The molecule has 0 radical (unpaired) electrons. The van der Waals surface area contributed by atoms with Crippen LogP contribution < -0.4 is 0 Å². The summed E-state index contributed by atoms with van der Waals surface area (Å²) in [5, 5.41) is 0. The van der Waals surface area contributed by atoms with Crippen molar-refractivity contribution in [2.45, 2.75) is 19.9 Å². The molecule has 3 nitrogen and oxygen atoms in total. The average Bonchev–Trinajstić information content (AvgIpc) is 2.69. The third-order valence-corrected chi connectivity index (χ3v) is 2.77. The first-order valence-corrected chi connectivity index (χ1v) is 5.71. The minimum Gasteiger partial charge on any atom is -0.446 e. The highest BCUT2D eigenvalue weighted by molar-refractivity contribution is 5.72. The Morgan fingerprint density at radius 1 is 1.35 bits per heavy atom. The van der Waals surface area contributed by atoms with E-state index in [1.807, 2.05) is 30.3 Å². The molecule has 1 aromatic rings. The molecule has 0 aromatic heterocycles. The van der Waals surface area contributed by atoms with Crippen molar-refractivity contribution in [3.05, 3.63) is 35.9 Å². The number of hydrogen-bond donors (Lipinski definition) is 0. The molecule has 0 bridgehead atoms. The van der Waals surface area contributed by atoms with E-state index in [1.165, 1.54) is 4.90 Å². The summed E-state index contributed by atoms with van der Waals surface area (Å²) >= 11 is 0. The lowest BCUT2D eigenvalue weighted by molar-refractivity contribution is 0.167. The highest BCUT2D eigenvalue weighted by atomic mass is 16.6. The molecule has 1 aromatic carbocycles. The SMILES string of the molecule is CC(C)[C@H]1COC(=O)N1C#Cc1ccccc1. The van der Waals surface area contributed by atoms with E-state index in [0.717, 1.165) is 5.56 Å². The lowest BCUT2D eigenvalue weighted by Gasteiger charge is -2.17. The summed E-state index contributed by atoms with van der Waals surface area (Å²) in [6, 6.07) is 12.6. The molecule has 2 rings (SSSR count). The predicted molar refractivity (Wildman–Crippen MR) is 65.1 cm³/mol. The Kier molecular flexibility index (Phi) is 3.34. The number of carbonyl (C=O) groups is 1. The Bertz CT molecular complexity index is 456. The van der Waals surface area contributed by atoms with Gasteiger partial charge in [-0.3, -0.25) is 0 Å². The van der Waals surface area contributed by atoms with Crippen molar-refractivity contribution < 1.29 is 9.53 Å². The van der Waals surface area contributed by atoms with Crippen molar-refractivity contribution >= 4 is 6.09 Å². The second-order valence-electron chi connectivity index (χ2n) is 4.36. The number of amides is 1. The zero-order chi connectivity index (χ0) is 12.3. The van der Waals surface area contributed by atoms with Crippen LogP contribution in [0.25, 0.3) is 0 Å². The maximum Gasteiger partial charge on any atom is 0.422 e. The Labute approximate surface area is 101 Å². The second kappa shape index (κ2) is 4.92. The summed E-state index contributed by atoms with van der Waals surface area (Å²) in [5.74, 6) is 3.32. The van der Waals surface area contributed by atoms with Gasteiger partial charge in [0.05, 0.1) is 6.04 Å². The lowest BCUT2D eigenvalue weighted by atomic mass is 10.1. The van der Waals surface area contributed by atoms with Crippen molar-refractivity contribution in [2.75, 3.05) is 6.61 Å². The smallest absolute Gasteiger partial charge is 0.422 e. The molecule has 1 heterocycles. The standard InChI is InChI=1S/C14H15NO2/c1-11(2)13-10-17-14(16)15(13)9-8-12-6-4-3-5-7-12/h3-7,11,13H,10H2,1-2H3/t13-/m1/s1. The van der Waals surface area contributed by atoms with Gasteiger partial charge in [-0.2, -0.15) is 0 Å². The van der Waals surface area contributed by atoms with Crippen molar-refractivity contribution in [2.24, 2.45) is 5.92 Å². The molecule has 1 fully saturated rings. The summed E-state index contributed by atoms with van der Waals surface area (Å²) in [7, 11) is 0.